The van der Waals surface area contributed by atoms with Crippen LogP contribution < -0.4 is 0 Å². The number of amides is 1. The Morgan fingerprint density at radius 3 is 2.81 bits per heavy atom. The normalized spacial score (nSPS) is 16.4. The van der Waals surface area contributed by atoms with Crippen molar-refractivity contribution in [1.29, 1.82) is 0 Å². The number of carbonyl (C=O) groups is 2. The molecule has 0 spiro atoms. The Bertz CT molecular complexity index is 1080. The van der Waals surface area contributed by atoms with Crippen molar-refractivity contribution in [3.8, 4) is 17.1 Å². The van der Waals surface area contributed by atoms with Gasteiger partial charge < -0.3 is 14.1 Å². The van der Waals surface area contributed by atoms with Crippen molar-refractivity contribution in [2.45, 2.75) is 33.6 Å². The number of hydrogen-bond acceptors (Lipinski definition) is 5. The Morgan fingerprint density at radius 2 is 2.06 bits per heavy atom. The molecule has 2 aromatic heterocycles. The number of aryl methyl sites for hydroxylation is 2. The van der Waals surface area contributed by atoms with E-state index in [0.29, 0.717) is 36.8 Å². The number of aromatic nitrogens is 2. The van der Waals surface area contributed by atoms with Gasteiger partial charge in [-0.2, -0.15) is 5.10 Å². The molecule has 1 aliphatic heterocycles. The zero-order valence-electron chi connectivity index (χ0n) is 18.1. The van der Waals surface area contributed by atoms with E-state index in [-0.39, 0.29) is 17.8 Å². The van der Waals surface area contributed by atoms with E-state index < -0.39 is 0 Å². The van der Waals surface area contributed by atoms with Crippen LogP contribution in [0.15, 0.2) is 47.1 Å². The van der Waals surface area contributed by atoms with Gasteiger partial charge in [0, 0.05) is 19.2 Å². The number of benzene rings is 1. The number of ether oxygens (including phenoxy) is 1. The van der Waals surface area contributed by atoms with Crippen LogP contribution in [0.5, 0.6) is 0 Å². The van der Waals surface area contributed by atoms with Crippen molar-refractivity contribution in [3.05, 3.63) is 59.5 Å². The van der Waals surface area contributed by atoms with Crippen LogP contribution in [0.25, 0.3) is 17.1 Å². The second-order valence-corrected chi connectivity index (χ2v) is 7.94. The number of likely N-dealkylation sites (tertiary alicyclic amines) is 1. The molecule has 0 bridgehead atoms. The second kappa shape index (κ2) is 8.79. The van der Waals surface area contributed by atoms with Gasteiger partial charge in [0.05, 0.1) is 24.5 Å². The van der Waals surface area contributed by atoms with Crippen molar-refractivity contribution in [3.63, 3.8) is 0 Å². The molecule has 162 valence electrons. The van der Waals surface area contributed by atoms with Gasteiger partial charge in [0.25, 0.3) is 5.91 Å². The summed E-state index contributed by atoms with van der Waals surface area (Å²) in [5.74, 6) is -0.0834. The maximum Gasteiger partial charge on any atom is 0.310 e. The molecule has 1 fully saturated rings. The van der Waals surface area contributed by atoms with Gasteiger partial charge >= 0.3 is 5.97 Å². The fourth-order valence-electron chi connectivity index (χ4n) is 3.99. The van der Waals surface area contributed by atoms with Gasteiger partial charge in [-0.1, -0.05) is 12.1 Å². The summed E-state index contributed by atoms with van der Waals surface area (Å²) >= 11 is 0. The van der Waals surface area contributed by atoms with Crippen molar-refractivity contribution in [1.82, 2.24) is 14.7 Å². The van der Waals surface area contributed by atoms with Crippen molar-refractivity contribution >= 4 is 11.9 Å². The molecule has 1 aromatic carbocycles. The Labute approximate surface area is 181 Å². The highest BCUT2D eigenvalue weighted by molar-refractivity contribution is 5.94. The number of carbonyl (C=O) groups excluding carboxylic acids is 2. The number of nitrogens with zero attached hydrogens (tertiary/aromatic N) is 3. The molecular formula is C24H27N3O4. The standard InChI is InChI=1S/C24H27N3O4/c1-4-30-24(29)18-7-5-11-26(15-18)23(28)21-14-19(22-8-6-12-31-22)25-27(21)20-13-16(2)9-10-17(20)3/h6,8-10,12-14,18H,4-5,7,11,15H2,1-3H3. The lowest BCUT2D eigenvalue weighted by molar-refractivity contribution is -0.149. The van der Waals surface area contributed by atoms with E-state index in [1.165, 1.54) is 0 Å². The smallest absolute Gasteiger partial charge is 0.310 e. The van der Waals surface area contributed by atoms with Gasteiger partial charge in [-0.15, -0.1) is 0 Å². The van der Waals surface area contributed by atoms with Crippen LogP contribution in [0.1, 0.15) is 41.4 Å². The third-order valence-corrected chi connectivity index (χ3v) is 5.62. The molecule has 7 nitrogen and oxygen atoms in total. The predicted molar refractivity (Wildman–Crippen MR) is 116 cm³/mol. The summed E-state index contributed by atoms with van der Waals surface area (Å²) in [5, 5.41) is 4.71. The fraction of sp³-hybridized carbons (Fsp3) is 0.375. The zero-order chi connectivity index (χ0) is 22.0. The summed E-state index contributed by atoms with van der Waals surface area (Å²) < 4.78 is 12.4. The number of hydrogen-bond donors (Lipinski definition) is 0. The Balaban J connectivity index is 1.72. The first-order valence-corrected chi connectivity index (χ1v) is 10.7. The van der Waals surface area contributed by atoms with E-state index in [0.717, 1.165) is 29.7 Å². The minimum Gasteiger partial charge on any atom is -0.466 e. The van der Waals surface area contributed by atoms with E-state index in [2.05, 4.69) is 0 Å². The summed E-state index contributed by atoms with van der Waals surface area (Å²) in [5.41, 5.74) is 3.98. The van der Waals surface area contributed by atoms with Crippen LogP contribution in [0.4, 0.5) is 0 Å². The molecule has 3 aromatic rings. The van der Waals surface area contributed by atoms with Crippen LogP contribution in [-0.4, -0.2) is 46.3 Å². The van der Waals surface area contributed by atoms with Gasteiger partial charge in [-0.25, -0.2) is 4.68 Å². The number of esters is 1. The first-order chi connectivity index (χ1) is 15.0. The lowest BCUT2D eigenvalue weighted by atomic mass is 9.98. The van der Waals surface area contributed by atoms with E-state index in [1.807, 2.05) is 38.1 Å². The lowest BCUT2D eigenvalue weighted by Crippen LogP contribution is -2.43. The van der Waals surface area contributed by atoms with Crippen molar-refractivity contribution in [2.24, 2.45) is 5.92 Å². The SMILES string of the molecule is CCOC(=O)C1CCCN(C(=O)c2cc(-c3ccco3)nn2-c2cc(C)ccc2C)C1. The maximum atomic E-state index is 13.6. The molecule has 0 N–H and O–H groups in total. The molecule has 7 heteroatoms. The van der Waals surface area contributed by atoms with E-state index >= 15 is 0 Å². The van der Waals surface area contributed by atoms with Crippen LogP contribution in [-0.2, 0) is 9.53 Å². The highest BCUT2D eigenvalue weighted by atomic mass is 16.5. The molecule has 4 rings (SSSR count). The molecule has 0 saturated carbocycles. The average molecular weight is 421 g/mol. The molecule has 0 radical (unpaired) electrons. The Hall–Kier alpha value is -3.35. The van der Waals surface area contributed by atoms with E-state index in [4.69, 9.17) is 14.3 Å². The van der Waals surface area contributed by atoms with Gasteiger partial charge in [-0.05, 0) is 62.9 Å². The molecule has 1 amide bonds. The van der Waals surface area contributed by atoms with Crippen molar-refractivity contribution < 1.29 is 18.7 Å². The topological polar surface area (TPSA) is 77.6 Å². The van der Waals surface area contributed by atoms with E-state index in [1.54, 1.807) is 34.9 Å². The third-order valence-electron chi connectivity index (χ3n) is 5.62. The monoisotopic (exact) mass is 421 g/mol. The maximum absolute atomic E-state index is 13.6. The van der Waals surface area contributed by atoms with Crippen LogP contribution in [0, 0.1) is 19.8 Å². The average Bonchev–Trinajstić information content (AvgIpc) is 3.45. The largest absolute Gasteiger partial charge is 0.466 e. The molecular weight excluding hydrogens is 394 g/mol. The lowest BCUT2D eigenvalue weighted by Gasteiger charge is -2.31. The quantitative estimate of drug-likeness (QED) is 0.578. The first-order valence-electron chi connectivity index (χ1n) is 10.7. The number of rotatable bonds is 5. The Morgan fingerprint density at radius 1 is 1.23 bits per heavy atom. The fourth-order valence-corrected chi connectivity index (χ4v) is 3.99. The van der Waals surface area contributed by atoms with Crippen LogP contribution >= 0.6 is 0 Å². The molecule has 1 atom stereocenters. The predicted octanol–water partition coefficient (Wildman–Crippen LogP) is 4.16. The molecule has 1 unspecified atom stereocenters. The van der Waals surface area contributed by atoms with Gasteiger partial charge in [-0.3, -0.25) is 9.59 Å². The second-order valence-electron chi connectivity index (χ2n) is 7.94. The van der Waals surface area contributed by atoms with E-state index in [9.17, 15) is 9.59 Å². The molecule has 1 saturated heterocycles. The van der Waals surface area contributed by atoms with Crippen LogP contribution in [0.2, 0.25) is 0 Å². The third kappa shape index (κ3) is 4.26. The molecule has 3 heterocycles. The summed E-state index contributed by atoms with van der Waals surface area (Å²) in [4.78, 5) is 27.6. The molecule has 0 aliphatic carbocycles. The summed E-state index contributed by atoms with van der Waals surface area (Å²) in [6, 6.07) is 11.4. The van der Waals surface area contributed by atoms with Crippen molar-refractivity contribution in [2.75, 3.05) is 19.7 Å². The Kier molecular flexibility index (Phi) is 5.93. The van der Waals surface area contributed by atoms with Gasteiger partial charge in [0.1, 0.15) is 11.4 Å². The summed E-state index contributed by atoms with van der Waals surface area (Å²) in [6.07, 6.45) is 3.08. The minimum atomic E-state index is -0.292. The first kappa shape index (κ1) is 20.9. The highest BCUT2D eigenvalue weighted by Gasteiger charge is 2.32. The summed E-state index contributed by atoms with van der Waals surface area (Å²) in [6.45, 7) is 7.09. The number of furan rings is 1. The highest BCUT2D eigenvalue weighted by Crippen LogP contribution is 2.27. The van der Waals surface area contributed by atoms with Gasteiger partial charge in [0.15, 0.2) is 5.76 Å². The van der Waals surface area contributed by atoms with Gasteiger partial charge in [0.2, 0.25) is 0 Å². The number of piperidine rings is 1. The summed E-state index contributed by atoms with van der Waals surface area (Å²) in [7, 11) is 0. The molecule has 31 heavy (non-hydrogen) atoms. The zero-order valence-corrected chi connectivity index (χ0v) is 18.1. The van der Waals surface area contributed by atoms with Crippen LogP contribution in [0.3, 0.4) is 0 Å². The minimum absolute atomic E-state index is 0.153. The molecule has 1 aliphatic rings.